The summed E-state index contributed by atoms with van der Waals surface area (Å²) in [6, 6.07) is 12.2. The molecule has 28 heavy (non-hydrogen) atoms. The summed E-state index contributed by atoms with van der Waals surface area (Å²) in [7, 11) is 0. The summed E-state index contributed by atoms with van der Waals surface area (Å²) in [4.78, 5) is 43.4. The Morgan fingerprint density at radius 2 is 1.57 bits per heavy atom. The fourth-order valence-electron chi connectivity index (χ4n) is 3.90. The second-order valence-corrected chi connectivity index (χ2v) is 6.90. The molecule has 2 aromatic carbocycles. The van der Waals surface area contributed by atoms with Crippen molar-refractivity contribution in [1.82, 2.24) is 4.90 Å². The Kier molecular flexibility index (Phi) is 4.79. The van der Waals surface area contributed by atoms with Crippen molar-refractivity contribution in [2.45, 2.75) is 0 Å². The van der Waals surface area contributed by atoms with Crippen molar-refractivity contribution in [2.75, 3.05) is 42.5 Å². The molecule has 142 valence electrons. The van der Waals surface area contributed by atoms with E-state index in [1.54, 1.807) is 36.4 Å². The lowest BCUT2D eigenvalue weighted by Gasteiger charge is -2.36. The molecular weight excluding hydrogens is 354 g/mol. The number of para-hydroxylation sites is 1. The van der Waals surface area contributed by atoms with Gasteiger partial charge in [-0.2, -0.15) is 0 Å². The van der Waals surface area contributed by atoms with E-state index in [-0.39, 0.29) is 17.0 Å². The van der Waals surface area contributed by atoms with Gasteiger partial charge in [-0.25, -0.2) is 4.90 Å². The molecule has 0 atom stereocenters. The lowest BCUT2D eigenvalue weighted by atomic mass is 10.0. The van der Waals surface area contributed by atoms with E-state index < -0.39 is 5.91 Å². The van der Waals surface area contributed by atoms with Gasteiger partial charge in [0.1, 0.15) is 0 Å². The molecule has 0 aromatic heterocycles. The van der Waals surface area contributed by atoms with Gasteiger partial charge in [0.2, 0.25) is 0 Å². The summed E-state index contributed by atoms with van der Waals surface area (Å²) in [6.07, 6.45) is 2.52. The van der Waals surface area contributed by atoms with Gasteiger partial charge < -0.3 is 4.90 Å². The topological polar surface area (TPSA) is 60.9 Å². The Balaban J connectivity index is 1.74. The highest BCUT2D eigenvalue weighted by molar-refractivity contribution is 6.37. The van der Waals surface area contributed by atoms with Gasteiger partial charge in [0.25, 0.3) is 11.8 Å². The van der Waals surface area contributed by atoms with E-state index in [1.807, 2.05) is 12.1 Å². The van der Waals surface area contributed by atoms with E-state index in [1.165, 1.54) is 0 Å². The standard InChI is InChI=1S/C22H21N3O3/c1-2-10-23-11-13-24(14-12-23)18-9-8-16(15-26)19-20(18)22(28)25(21(19)27)17-6-4-3-5-7-17/h2-9,15H,1,10-14H2. The molecular formula is C22H21N3O3. The first-order valence-electron chi connectivity index (χ1n) is 9.30. The Morgan fingerprint density at radius 3 is 2.21 bits per heavy atom. The van der Waals surface area contributed by atoms with E-state index in [9.17, 15) is 14.4 Å². The lowest BCUT2D eigenvalue weighted by Crippen LogP contribution is -2.46. The van der Waals surface area contributed by atoms with Gasteiger partial charge in [0, 0.05) is 38.3 Å². The van der Waals surface area contributed by atoms with Gasteiger partial charge in [0.05, 0.1) is 22.5 Å². The van der Waals surface area contributed by atoms with Crippen LogP contribution >= 0.6 is 0 Å². The molecule has 2 amide bonds. The average Bonchev–Trinajstić information content (AvgIpc) is 3.00. The molecule has 1 fully saturated rings. The van der Waals surface area contributed by atoms with Crippen LogP contribution in [-0.4, -0.2) is 55.7 Å². The number of carbonyl (C=O) groups is 3. The molecule has 4 rings (SSSR count). The molecule has 0 radical (unpaired) electrons. The monoisotopic (exact) mass is 375 g/mol. The maximum Gasteiger partial charge on any atom is 0.268 e. The summed E-state index contributed by atoms with van der Waals surface area (Å²) in [5, 5.41) is 0. The minimum absolute atomic E-state index is 0.204. The van der Waals surface area contributed by atoms with E-state index >= 15 is 0 Å². The highest BCUT2D eigenvalue weighted by Crippen LogP contribution is 2.36. The van der Waals surface area contributed by atoms with Crippen LogP contribution in [0.1, 0.15) is 31.1 Å². The van der Waals surface area contributed by atoms with E-state index in [0.717, 1.165) is 43.3 Å². The van der Waals surface area contributed by atoms with E-state index in [0.29, 0.717) is 17.5 Å². The minimum Gasteiger partial charge on any atom is -0.368 e. The highest BCUT2D eigenvalue weighted by Gasteiger charge is 2.41. The predicted octanol–water partition coefficient (Wildman–Crippen LogP) is 2.61. The third kappa shape index (κ3) is 2.92. The molecule has 0 unspecified atom stereocenters. The molecule has 2 heterocycles. The van der Waals surface area contributed by atoms with Crippen molar-refractivity contribution >= 4 is 29.5 Å². The number of piperazine rings is 1. The van der Waals surface area contributed by atoms with Crippen LogP contribution in [0.15, 0.2) is 55.1 Å². The molecule has 0 aliphatic carbocycles. The Labute approximate surface area is 163 Å². The van der Waals surface area contributed by atoms with Crippen LogP contribution in [0.4, 0.5) is 11.4 Å². The molecule has 2 aliphatic heterocycles. The number of amides is 2. The van der Waals surface area contributed by atoms with Crippen LogP contribution in [0.3, 0.4) is 0 Å². The minimum atomic E-state index is -0.444. The van der Waals surface area contributed by atoms with Crippen molar-refractivity contribution in [3.8, 4) is 0 Å². The van der Waals surface area contributed by atoms with Crippen LogP contribution in [-0.2, 0) is 0 Å². The molecule has 0 spiro atoms. The van der Waals surface area contributed by atoms with Crippen LogP contribution in [0.5, 0.6) is 0 Å². The third-order valence-corrected chi connectivity index (χ3v) is 5.29. The number of anilines is 2. The van der Waals surface area contributed by atoms with Gasteiger partial charge in [0.15, 0.2) is 6.29 Å². The van der Waals surface area contributed by atoms with Gasteiger partial charge in [-0.15, -0.1) is 6.58 Å². The summed E-state index contributed by atoms with van der Waals surface area (Å²) >= 11 is 0. The second kappa shape index (κ2) is 7.40. The fraction of sp³-hybridized carbons (Fsp3) is 0.227. The van der Waals surface area contributed by atoms with Gasteiger partial charge in [-0.1, -0.05) is 24.3 Å². The number of imide groups is 1. The first-order valence-corrected chi connectivity index (χ1v) is 9.30. The van der Waals surface area contributed by atoms with Gasteiger partial charge in [-0.3, -0.25) is 19.3 Å². The number of nitrogens with zero attached hydrogens (tertiary/aromatic N) is 3. The number of fused-ring (bicyclic) bond motifs is 1. The van der Waals surface area contributed by atoms with Crippen LogP contribution in [0, 0.1) is 0 Å². The lowest BCUT2D eigenvalue weighted by molar-refractivity contribution is 0.0923. The molecule has 0 bridgehead atoms. The predicted molar refractivity (Wildman–Crippen MR) is 108 cm³/mol. The first kappa shape index (κ1) is 18.1. The zero-order chi connectivity index (χ0) is 19.7. The maximum absolute atomic E-state index is 13.2. The normalized spacial score (nSPS) is 17.0. The van der Waals surface area contributed by atoms with Crippen molar-refractivity contribution < 1.29 is 14.4 Å². The van der Waals surface area contributed by atoms with E-state index in [2.05, 4.69) is 16.4 Å². The van der Waals surface area contributed by atoms with Crippen molar-refractivity contribution in [1.29, 1.82) is 0 Å². The van der Waals surface area contributed by atoms with Gasteiger partial charge in [-0.05, 0) is 24.3 Å². The van der Waals surface area contributed by atoms with E-state index in [4.69, 9.17) is 0 Å². The average molecular weight is 375 g/mol. The molecule has 2 aliphatic rings. The molecule has 0 N–H and O–H groups in total. The highest BCUT2D eigenvalue weighted by atomic mass is 16.2. The number of hydrogen-bond donors (Lipinski definition) is 0. The summed E-state index contributed by atoms with van der Waals surface area (Å²) < 4.78 is 0. The summed E-state index contributed by atoms with van der Waals surface area (Å²) in [5.74, 6) is -0.820. The maximum atomic E-state index is 13.2. The zero-order valence-corrected chi connectivity index (χ0v) is 15.5. The van der Waals surface area contributed by atoms with Crippen LogP contribution in [0.25, 0.3) is 0 Å². The quantitative estimate of drug-likeness (QED) is 0.457. The van der Waals surface area contributed by atoms with Crippen molar-refractivity contribution in [2.24, 2.45) is 0 Å². The van der Waals surface area contributed by atoms with Crippen LogP contribution in [0.2, 0.25) is 0 Å². The first-order chi connectivity index (χ1) is 13.7. The largest absolute Gasteiger partial charge is 0.368 e. The third-order valence-electron chi connectivity index (χ3n) is 5.29. The summed E-state index contributed by atoms with van der Waals surface area (Å²) in [6.45, 7) is 7.79. The SMILES string of the molecule is C=CCN1CCN(c2ccc(C=O)c3c2C(=O)N(c2ccccc2)C3=O)CC1. The van der Waals surface area contributed by atoms with Crippen LogP contribution < -0.4 is 9.80 Å². The Hall–Kier alpha value is -3.25. The molecule has 6 heteroatoms. The molecule has 0 saturated carbocycles. The summed E-state index contributed by atoms with van der Waals surface area (Å²) in [5.41, 5.74) is 2.01. The van der Waals surface area contributed by atoms with Crippen molar-refractivity contribution in [3.63, 3.8) is 0 Å². The van der Waals surface area contributed by atoms with Crippen molar-refractivity contribution in [3.05, 3.63) is 71.8 Å². The number of rotatable bonds is 5. The zero-order valence-electron chi connectivity index (χ0n) is 15.5. The second-order valence-electron chi connectivity index (χ2n) is 6.90. The number of aldehydes is 1. The van der Waals surface area contributed by atoms with Gasteiger partial charge >= 0.3 is 0 Å². The number of benzene rings is 2. The Morgan fingerprint density at radius 1 is 0.893 bits per heavy atom. The molecule has 1 saturated heterocycles. The smallest absolute Gasteiger partial charge is 0.268 e. The fourth-order valence-corrected chi connectivity index (χ4v) is 3.90. The Bertz CT molecular complexity index is 947. The number of carbonyl (C=O) groups excluding carboxylic acids is 3. The number of hydrogen-bond acceptors (Lipinski definition) is 5. The molecule has 6 nitrogen and oxygen atoms in total. The molecule has 2 aromatic rings.